The average molecular weight is 659 g/mol. The first-order chi connectivity index (χ1) is 21.3. The minimum Gasteiger partial charge on any atom is -0.491 e. The topological polar surface area (TPSA) is 68.3 Å². The van der Waals surface area contributed by atoms with Crippen molar-refractivity contribution in [3.63, 3.8) is 0 Å². The molecule has 256 valence electrons. The minimum absolute atomic E-state index is 0.0416. The van der Waals surface area contributed by atoms with Crippen molar-refractivity contribution in [1.29, 1.82) is 0 Å². The van der Waals surface area contributed by atoms with Crippen molar-refractivity contribution in [2.45, 2.75) is 96.1 Å². The lowest BCUT2D eigenvalue weighted by Crippen LogP contribution is -2.59. The highest BCUT2D eigenvalue weighted by molar-refractivity contribution is 5.79. The number of hydrogen-bond donors (Lipinski definition) is 2. The summed E-state index contributed by atoms with van der Waals surface area (Å²) in [6, 6.07) is 10.1. The van der Waals surface area contributed by atoms with Gasteiger partial charge >= 0.3 is 12.4 Å². The van der Waals surface area contributed by atoms with Crippen LogP contribution in [0.3, 0.4) is 0 Å². The molecule has 3 atom stereocenters. The van der Waals surface area contributed by atoms with Crippen LogP contribution in [0.4, 0.5) is 32.0 Å². The number of carbonyl (C=O) groups is 1. The number of amides is 1. The molecule has 0 spiro atoms. The number of nitrogens with one attached hydrogen (secondary N) is 1. The second-order valence-corrected chi connectivity index (χ2v) is 13.0. The number of halogens is 6. The fraction of sp³-hybridized carbons (Fsp3) is 0.606. The van der Waals surface area contributed by atoms with Crippen molar-refractivity contribution in [1.82, 2.24) is 15.1 Å². The Bertz CT molecular complexity index is 1370. The van der Waals surface area contributed by atoms with Crippen molar-refractivity contribution in [3.8, 4) is 5.75 Å². The summed E-state index contributed by atoms with van der Waals surface area (Å²) >= 11 is 0. The highest BCUT2D eigenvalue weighted by atomic mass is 19.4. The number of aryl methyl sites for hydroxylation is 1. The number of hydrogen-bond acceptors (Lipinski definition) is 6. The molecule has 2 saturated heterocycles. The van der Waals surface area contributed by atoms with E-state index in [9.17, 15) is 36.2 Å². The van der Waals surface area contributed by atoms with E-state index < -0.39 is 23.5 Å². The van der Waals surface area contributed by atoms with E-state index in [0.717, 1.165) is 17.4 Å². The van der Waals surface area contributed by atoms with E-state index in [-0.39, 0.29) is 48.2 Å². The number of carbonyl (C=O) groups excluding carboxylic acids is 1. The Kier molecular flexibility index (Phi) is 10.3. The first kappa shape index (κ1) is 35.8. The third-order valence-corrected chi connectivity index (χ3v) is 8.89. The molecule has 2 heterocycles. The SMILES string of the molecule is CCCc1cc(C(O)(C(F)(F)F)C(F)(F)F)ccc1N1C[C@@H](C)N(C(=O)CN2CN[C@@](C)(c3cccc(OC(C)C)c3)C2)CC1C. The third-order valence-electron chi connectivity index (χ3n) is 8.89. The van der Waals surface area contributed by atoms with Crippen LogP contribution in [0.2, 0.25) is 0 Å². The van der Waals surface area contributed by atoms with Gasteiger partial charge in [0.2, 0.25) is 5.91 Å². The third kappa shape index (κ3) is 7.11. The maximum atomic E-state index is 13.6. The largest absolute Gasteiger partial charge is 0.491 e. The fourth-order valence-corrected chi connectivity index (χ4v) is 6.48. The zero-order valence-electron chi connectivity index (χ0n) is 27.1. The minimum atomic E-state index is -5.96. The number of aliphatic hydroxyl groups is 1. The molecule has 2 aliphatic heterocycles. The normalized spacial score (nSPS) is 23.3. The highest BCUT2D eigenvalue weighted by Gasteiger charge is 2.71. The van der Waals surface area contributed by atoms with Crippen molar-refractivity contribution < 1.29 is 41.0 Å². The smallest absolute Gasteiger partial charge is 0.430 e. The van der Waals surface area contributed by atoms with Crippen LogP contribution in [0.1, 0.15) is 64.7 Å². The van der Waals surface area contributed by atoms with Gasteiger partial charge in [-0.3, -0.25) is 15.0 Å². The summed E-state index contributed by atoms with van der Waals surface area (Å²) in [5.74, 6) is 0.713. The molecule has 2 aromatic carbocycles. The molecular weight excluding hydrogens is 614 g/mol. The fourth-order valence-electron chi connectivity index (χ4n) is 6.48. The molecule has 1 amide bonds. The van der Waals surface area contributed by atoms with Crippen molar-refractivity contribution >= 4 is 11.6 Å². The van der Waals surface area contributed by atoms with E-state index in [0.29, 0.717) is 44.5 Å². The van der Waals surface area contributed by atoms with Gasteiger partial charge in [-0.2, -0.15) is 26.3 Å². The number of nitrogens with zero attached hydrogens (tertiary/aromatic N) is 3. The molecule has 0 aromatic heterocycles. The molecule has 2 aliphatic rings. The van der Waals surface area contributed by atoms with Crippen molar-refractivity contribution in [2.75, 3.05) is 37.7 Å². The van der Waals surface area contributed by atoms with Crippen LogP contribution in [0.25, 0.3) is 0 Å². The molecule has 0 saturated carbocycles. The number of alkyl halides is 6. The van der Waals surface area contributed by atoms with Gasteiger partial charge in [-0.15, -0.1) is 0 Å². The standard InChI is InChI=1S/C33H44F6N4O3/c1-7-9-24-14-26(31(45,32(34,35)36)33(37,38)39)12-13-28(24)42-16-23(5)43(17-22(42)4)29(44)18-41-19-30(6,40-20-41)25-10-8-11-27(15-25)46-21(2)3/h8,10-15,21-23,40,45H,7,9,16-20H2,1-6H3/t22?,23-,30-/m1/s1. The maximum absolute atomic E-state index is 13.6. The molecule has 1 unspecified atom stereocenters. The van der Waals surface area contributed by atoms with Gasteiger partial charge in [0, 0.05) is 49.6 Å². The summed E-state index contributed by atoms with van der Waals surface area (Å²) in [4.78, 5) is 19.3. The second-order valence-electron chi connectivity index (χ2n) is 13.0. The zero-order chi connectivity index (χ0) is 34.2. The quantitative estimate of drug-likeness (QED) is 0.325. The monoisotopic (exact) mass is 658 g/mol. The Balaban J connectivity index is 1.47. The zero-order valence-corrected chi connectivity index (χ0v) is 27.1. The number of ether oxygens (including phenoxy) is 1. The molecule has 7 nitrogen and oxygen atoms in total. The van der Waals surface area contributed by atoms with Gasteiger partial charge in [-0.25, -0.2) is 0 Å². The van der Waals surface area contributed by atoms with E-state index in [4.69, 9.17) is 4.74 Å². The summed E-state index contributed by atoms with van der Waals surface area (Å²) in [7, 11) is 0. The van der Waals surface area contributed by atoms with E-state index in [1.165, 1.54) is 6.07 Å². The average Bonchev–Trinajstić information content (AvgIpc) is 3.33. The molecule has 46 heavy (non-hydrogen) atoms. The van der Waals surface area contributed by atoms with Crippen LogP contribution in [0, 0.1) is 0 Å². The highest BCUT2D eigenvalue weighted by Crippen LogP contribution is 2.50. The first-order valence-corrected chi connectivity index (χ1v) is 15.6. The number of rotatable bonds is 9. The van der Waals surface area contributed by atoms with Crippen molar-refractivity contribution in [3.05, 3.63) is 59.2 Å². The van der Waals surface area contributed by atoms with Crippen LogP contribution in [-0.4, -0.2) is 84.2 Å². The van der Waals surface area contributed by atoms with E-state index in [1.54, 1.807) is 11.8 Å². The Morgan fingerprint density at radius 2 is 1.72 bits per heavy atom. The van der Waals surface area contributed by atoms with Crippen LogP contribution in [-0.2, 0) is 22.4 Å². The summed E-state index contributed by atoms with van der Waals surface area (Å²) in [5.41, 5.74) is -4.83. The van der Waals surface area contributed by atoms with Gasteiger partial charge in [-0.1, -0.05) is 37.6 Å². The van der Waals surface area contributed by atoms with Crippen LogP contribution >= 0.6 is 0 Å². The van der Waals surface area contributed by atoms with Crippen LogP contribution in [0.5, 0.6) is 5.75 Å². The summed E-state index contributed by atoms with van der Waals surface area (Å²) in [6.45, 7) is 13.5. The Hall–Kier alpha value is -3.03. The molecule has 0 aliphatic carbocycles. The van der Waals surface area contributed by atoms with Gasteiger partial charge in [0.15, 0.2) is 0 Å². The Labute approximate surface area is 266 Å². The molecular formula is C33H44F6N4O3. The van der Waals surface area contributed by atoms with E-state index in [2.05, 4.69) is 12.2 Å². The van der Waals surface area contributed by atoms with Crippen LogP contribution < -0.4 is 15.0 Å². The van der Waals surface area contributed by atoms with E-state index >= 15 is 0 Å². The van der Waals surface area contributed by atoms with Crippen molar-refractivity contribution in [2.24, 2.45) is 0 Å². The molecule has 13 heteroatoms. The lowest BCUT2D eigenvalue weighted by molar-refractivity contribution is -0.376. The van der Waals surface area contributed by atoms with Gasteiger partial charge in [0.05, 0.1) is 18.2 Å². The molecule has 2 aromatic rings. The van der Waals surface area contributed by atoms with Gasteiger partial charge in [-0.05, 0) is 70.4 Å². The number of benzene rings is 2. The first-order valence-electron chi connectivity index (χ1n) is 15.6. The second kappa shape index (κ2) is 13.2. The molecule has 2 N–H and O–H groups in total. The Morgan fingerprint density at radius 3 is 2.33 bits per heavy atom. The molecule has 0 bridgehead atoms. The lowest BCUT2D eigenvalue weighted by Gasteiger charge is -2.46. The molecule has 2 fully saturated rings. The predicted molar refractivity (Wildman–Crippen MR) is 164 cm³/mol. The summed E-state index contributed by atoms with van der Waals surface area (Å²) in [6.07, 6.45) is -11.2. The number of anilines is 1. The van der Waals surface area contributed by atoms with Gasteiger partial charge < -0.3 is 19.6 Å². The summed E-state index contributed by atoms with van der Waals surface area (Å²) < 4.78 is 87.4. The van der Waals surface area contributed by atoms with Crippen LogP contribution in [0.15, 0.2) is 42.5 Å². The summed E-state index contributed by atoms with van der Waals surface area (Å²) in [5, 5.41) is 13.5. The molecule has 0 radical (unpaired) electrons. The Morgan fingerprint density at radius 1 is 1.04 bits per heavy atom. The van der Waals surface area contributed by atoms with Gasteiger partial charge in [0.25, 0.3) is 5.60 Å². The van der Waals surface area contributed by atoms with Gasteiger partial charge in [0.1, 0.15) is 5.75 Å². The predicted octanol–water partition coefficient (Wildman–Crippen LogP) is 5.94. The van der Waals surface area contributed by atoms with E-state index in [1.807, 2.05) is 61.8 Å². The molecule has 4 rings (SSSR count). The number of piperazine rings is 1. The lowest BCUT2D eigenvalue weighted by atomic mass is 9.89. The maximum Gasteiger partial charge on any atom is 0.430 e.